The summed E-state index contributed by atoms with van der Waals surface area (Å²) in [6.45, 7) is 0. The third-order valence-electron chi connectivity index (χ3n) is 20.1. The summed E-state index contributed by atoms with van der Waals surface area (Å²) in [4.78, 5) is 7.35. The van der Waals surface area contributed by atoms with Gasteiger partial charge >= 0.3 is 0 Å². The molecule has 0 fully saturated rings. The minimum absolute atomic E-state index is 0.933. The Morgan fingerprint density at radius 3 is 1.48 bits per heavy atom. The Morgan fingerprint density at radius 1 is 0.258 bits per heavy atom. The predicted molar refractivity (Wildman–Crippen MR) is 415 cm³/mol. The standard InChI is InChI=1S/C94H67N3/c1-6-26-66(27-7-1)86-63-87(67-48-53-75(54-49-67)96(73-37-12-4-13-38-73)90-46-24-31-64-28-16-20-42-79(64)90)93-83-59-57-77(95(71-33-8-2-9-34-71)72-35-10-3-11-36-72)62-89(83)88-61-70(85-60-69-30-18-19-41-78(69)81-44-22-23-45-82(81)85)52-58-84(88)94(93)92(86)68-50-55-76(56-51-68)97(74-39-14-5-15-40-74)91-47-25-32-65-29-17-21-43-80(65)91/h1-10,12-19,21-35,37-41,43-63H,11,20,36,42H2. The van der Waals surface area contributed by atoms with Crippen molar-refractivity contribution in [3.63, 3.8) is 0 Å². The molecule has 0 spiro atoms. The van der Waals surface area contributed by atoms with E-state index >= 15 is 0 Å². The Labute approximate surface area is 566 Å². The highest BCUT2D eigenvalue weighted by Crippen LogP contribution is 2.53. The van der Waals surface area contributed by atoms with Gasteiger partial charge in [-0.05, 0) is 250 Å². The number of hydrogen-bond acceptors (Lipinski definition) is 3. The molecule has 3 nitrogen and oxygen atoms in total. The van der Waals surface area contributed by atoms with Gasteiger partial charge in [0.1, 0.15) is 0 Å². The Kier molecular flexibility index (Phi) is 14.5. The molecule has 2 aliphatic carbocycles. The summed E-state index contributed by atoms with van der Waals surface area (Å²) in [5, 5.41) is 14.6. The fraction of sp³-hybridized carbons (Fsp3) is 0.0426. The van der Waals surface area contributed by atoms with E-state index in [0.717, 1.165) is 87.7 Å². The van der Waals surface area contributed by atoms with Crippen molar-refractivity contribution in [2.75, 3.05) is 14.7 Å². The molecular formula is C94H67N3. The molecule has 0 radical (unpaired) electrons. The third kappa shape index (κ3) is 10.2. The van der Waals surface area contributed by atoms with Crippen LogP contribution >= 0.6 is 0 Å². The normalized spacial score (nSPS) is 12.8. The smallest absolute Gasteiger partial charge is 0.0540 e. The third-order valence-corrected chi connectivity index (χ3v) is 20.1. The topological polar surface area (TPSA) is 9.72 Å². The monoisotopic (exact) mass is 1240 g/mol. The molecule has 97 heavy (non-hydrogen) atoms. The Balaban J connectivity index is 0.942. The zero-order chi connectivity index (χ0) is 64.2. The zero-order valence-corrected chi connectivity index (χ0v) is 53.7. The Morgan fingerprint density at radius 2 is 0.773 bits per heavy atom. The largest absolute Gasteiger partial charge is 0.314 e. The molecule has 18 rings (SSSR count). The summed E-state index contributed by atoms with van der Waals surface area (Å²) >= 11 is 0. The highest BCUT2D eigenvalue weighted by molar-refractivity contribution is 6.34. The summed E-state index contributed by atoms with van der Waals surface area (Å²) < 4.78 is 0. The summed E-state index contributed by atoms with van der Waals surface area (Å²) in [5.41, 5.74) is 22.3. The summed E-state index contributed by atoms with van der Waals surface area (Å²) in [6.07, 6.45) is 15.3. The maximum atomic E-state index is 2.52. The Bertz CT molecular complexity index is 5790. The first-order valence-corrected chi connectivity index (χ1v) is 34.0. The van der Waals surface area contributed by atoms with Gasteiger partial charge in [-0.25, -0.2) is 0 Å². The van der Waals surface area contributed by atoms with Crippen molar-refractivity contribution in [3.8, 4) is 44.5 Å². The fourth-order valence-electron chi connectivity index (χ4n) is 15.6. The molecule has 0 N–H and O–H groups in total. The highest BCUT2D eigenvalue weighted by Gasteiger charge is 2.27. The van der Waals surface area contributed by atoms with E-state index in [1.807, 2.05) is 0 Å². The van der Waals surface area contributed by atoms with Crippen LogP contribution in [0.25, 0.3) is 115 Å². The lowest BCUT2D eigenvalue weighted by molar-refractivity contribution is 0.918. The molecule has 0 amide bonds. The molecule has 0 saturated heterocycles. The van der Waals surface area contributed by atoms with Crippen LogP contribution < -0.4 is 14.7 Å². The number of para-hydroxylation sites is 3. The van der Waals surface area contributed by atoms with Gasteiger partial charge in [-0.15, -0.1) is 0 Å². The minimum atomic E-state index is 0.933. The van der Waals surface area contributed by atoms with Crippen molar-refractivity contribution in [1.82, 2.24) is 0 Å². The SMILES string of the molecule is C1=CCCC(N(c2ccccc2)c2ccc3c(c2)c2cc(-c4cc5ccccc5c5ccccc45)ccc2c2c(-c4ccc(N(c5ccccc5)c5cccc6ccccc56)cc4)c(-c4ccccc4)cc(-c4ccc(N(c5ccccc5)c5cccc6c5CCC=C6)cc4)c32)=C1. The molecule has 0 bridgehead atoms. The van der Waals surface area contributed by atoms with Crippen LogP contribution in [0.15, 0.2) is 358 Å². The lowest BCUT2D eigenvalue weighted by atomic mass is 9.80. The minimum Gasteiger partial charge on any atom is -0.314 e. The van der Waals surface area contributed by atoms with Crippen LogP contribution in [0.3, 0.4) is 0 Å². The summed E-state index contributed by atoms with van der Waals surface area (Å²) in [7, 11) is 0. The molecule has 0 unspecified atom stereocenters. The predicted octanol–water partition coefficient (Wildman–Crippen LogP) is 26.5. The lowest BCUT2D eigenvalue weighted by Gasteiger charge is -2.30. The van der Waals surface area contributed by atoms with Gasteiger partial charge in [-0.3, -0.25) is 0 Å². The number of allylic oxidation sites excluding steroid dienone is 5. The number of hydrogen-bond donors (Lipinski definition) is 0. The van der Waals surface area contributed by atoms with Crippen molar-refractivity contribution >= 4 is 116 Å². The van der Waals surface area contributed by atoms with Crippen LogP contribution in [0.2, 0.25) is 0 Å². The van der Waals surface area contributed by atoms with Crippen molar-refractivity contribution in [1.29, 1.82) is 0 Å². The van der Waals surface area contributed by atoms with Crippen LogP contribution in [-0.4, -0.2) is 0 Å². The number of benzene rings is 16. The molecule has 16 aromatic rings. The molecule has 3 heteroatoms. The molecule has 458 valence electrons. The van der Waals surface area contributed by atoms with Crippen LogP contribution in [0.4, 0.5) is 45.5 Å². The number of anilines is 8. The van der Waals surface area contributed by atoms with E-state index in [4.69, 9.17) is 0 Å². The number of nitrogens with zero attached hydrogens (tertiary/aromatic N) is 3. The maximum Gasteiger partial charge on any atom is 0.0540 e. The second kappa shape index (κ2) is 24.6. The zero-order valence-electron chi connectivity index (χ0n) is 53.7. The van der Waals surface area contributed by atoms with Gasteiger partial charge in [0.15, 0.2) is 0 Å². The first kappa shape index (κ1) is 57.4. The van der Waals surface area contributed by atoms with Gasteiger partial charge in [0, 0.05) is 50.9 Å². The van der Waals surface area contributed by atoms with Crippen molar-refractivity contribution in [2.24, 2.45) is 0 Å². The van der Waals surface area contributed by atoms with Crippen LogP contribution in [0.1, 0.15) is 30.4 Å². The van der Waals surface area contributed by atoms with E-state index in [0.29, 0.717) is 0 Å². The van der Waals surface area contributed by atoms with Crippen molar-refractivity contribution in [2.45, 2.75) is 25.7 Å². The molecule has 0 heterocycles. The van der Waals surface area contributed by atoms with Crippen LogP contribution in [-0.2, 0) is 6.42 Å². The highest BCUT2D eigenvalue weighted by atomic mass is 15.2. The van der Waals surface area contributed by atoms with Crippen molar-refractivity contribution in [3.05, 3.63) is 369 Å². The van der Waals surface area contributed by atoms with Gasteiger partial charge in [-0.1, -0.05) is 249 Å². The van der Waals surface area contributed by atoms with E-state index in [1.54, 1.807) is 0 Å². The average Bonchev–Trinajstić information content (AvgIpc) is 0.705. The van der Waals surface area contributed by atoms with Crippen LogP contribution in [0.5, 0.6) is 0 Å². The van der Waals surface area contributed by atoms with Gasteiger partial charge in [-0.2, -0.15) is 0 Å². The average molecular weight is 1240 g/mol. The second-order valence-electron chi connectivity index (χ2n) is 25.7. The number of fused-ring (bicyclic) bond motifs is 11. The first-order valence-electron chi connectivity index (χ1n) is 34.0. The Hall–Kier alpha value is -12.3. The lowest BCUT2D eigenvalue weighted by Crippen LogP contribution is -2.17. The van der Waals surface area contributed by atoms with Crippen molar-refractivity contribution < 1.29 is 0 Å². The van der Waals surface area contributed by atoms with E-state index in [-0.39, 0.29) is 0 Å². The van der Waals surface area contributed by atoms with Crippen LogP contribution in [0, 0.1) is 0 Å². The van der Waals surface area contributed by atoms with E-state index in [9.17, 15) is 0 Å². The van der Waals surface area contributed by atoms with Gasteiger partial charge in [0.05, 0.1) is 5.69 Å². The fourth-order valence-corrected chi connectivity index (χ4v) is 15.6. The molecular weight excluding hydrogens is 1170 g/mol. The van der Waals surface area contributed by atoms with E-state index in [2.05, 4.69) is 373 Å². The van der Waals surface area contributed by atoms with Gasteiger partial charge < -0.3 is 14.7 Å². The molecule has 0 aliphatic heterocycles. The summed E-state index contributed by atoms with van der Waals surface area (Å²) in [5.74, 6) is 0. The molecule has 0 aromatic heterocycles. The van der Waals surface area contributed by atoms with Gasteiger partial charge in [0.25, 0.3) is 0 Å². The van der Waals surface area contributed by atoms with Gasteiger partial charge in [0.2, 0.25) is 0 Å². The molecule has 2 aliphatic rings. The maximum absolute atomic E-state index is 2.52. The summed E-state index contributed by atoms with van der Waals surface area (Å²) in [6, 6.07) is 122. The first-order chi connectivity index (χ1) is 48.1. The second-order valence-corrected chi connectivity index (χ2v) is 25.7. The molecule has 16 aromatic carbocycles. The quantitative estimate of drug-likeness (QED) is 0.107. The van der Waals surface area contributed by atoms with E-state index < -0.39 is 0 Å². The molecule has 0 atom stereocenters. The molecule has 0 saturated carbocycles. The van der Waals surface area contributed by atoms with E-state index in [1.165, 1.54) is 109 Å². The number of rotatable bonds is 13.